The molecule has 0 saturated heterocycles. The Balaban J connectivity index is 0.000000516. The molecule has 8 nitrogen and oxygen atoms in total. The van der Waals surface area contributed by atoms with Gasteiger partial charge in [-0.1, -0.05) is 55.0 Å². The van der Waals surface area contributed by atoms with Crippen molar-refractivity contribution < 1.29 is 39.2 Å². The van der Waals surface area contributed by atoms with E-state index >= 15 is 0 Å². The van der Waals surface area contributed by atoms with Crippen molar-refractivity contribution in [3.05, 3.63) is 59.2 Å². The van der Waals surface area contributed by atoms with E-state index in [1.165, 1.54) is 25.2 Å². The molecule has 0 radical (unpaired) electrons. The number of ketones is 1. The number of aliphatic carboxylic acids is 2. The molecule has 156 valence electrons. The van der Waals surface area contributed by atoms with Crippen molar-refractivity contribution in [2.75, 3.05) is 6.61 Å². The normalized spacial score (nSPS) is 20.0. The Bertz CT molecular complexity index is 835. The van der Waals surface area contributed by atoms with Crippen LogP contribution in [0.5, 0.6) is 0 Å². The van der Waals surface area contributed by atoms with Gasteiger partial charge in [-0.05, 0) is 20.3 Å². The van der Waals surface area contributed by atoms with Gasteiger partial charge in [-0.25, -0.2) is 9.59 Å². The summed E-state index contributed by atoms with van der Waals surface area (Å²) in [5, 5.41) is 26.6. The molecule has 2 unspecified atom stereocenters. The zero-order valence-corrected chi connectivity index (χ0v) is 16.4. The number of benzene rings is 1. The number of hydrogen-bond acceptors (Lipinski definition) is 5. The molecule has 0 fully saturated rings. The standard InChI is InChI=1S/C17H16O5.C4H8O3/c1-10-5-7-11(8-6-10)14(18)13-12(15(19)20)4-3-9-17(13,2)16(21)22;1-2-3-7-4(5)6/h3-9,13H,1-2H3,(H,19,20)(H,21,22);2-3H2,1H3,(H,5,6). The van der Waals surface area contributed by atoms with Crippen LogP contribution in [0.3, 0.4) is 0 Å². The van der Waals surface area contributed by atoms with Gasteiger partial charge in [0.25, 0.3) is 0 Å². The summed E-state index contributed by atoms with van der Waals surface area (Å²) in [7, 11) is 0. The number of Topliss-reactive ketones (excluding diaryl/α,β-unsaturated/α-hetero) is 1. The maximum Gasteiger partial charge on any atom is 0.505 e. The lowest BCUT2D eigenvalue weighted by Gasteiger charge is -2.32. The number of carbonyl (C=O) groups is 4. The molecule has 2 atom stereocenters. The highest BCUT2D eigenvalue weighted by Gasteiger charge is 2.48. The van der Waals surface area contributed by atoms with Gasteiger partial charge in [0.2, 0.25) is 0 Å². The molecule has 1 aliphatic rings. The number of carbonyl (C=O) groups excluding carboxylic acids is 1. The van der Waals surface area contributed by atoms with Gasteiger partial charge in [-0.15, -0.1) is 0 Å². The predicted molar refractivity (Wildman–Crippen MR) is 104 cm³/mol. The quantitative estimate of drug-likeness (QED) is 0.483. The van der Waals surface area contributed by atoms with E-state index in [0.29, 0.717) is 12.2 Å². The van der Waals surface area contributed by atoms with Crippen molar-refractivity contribution in [3.8, 4) is 0 Å². The first kappa shape index (κ1) is 23.6. The Labute approximate surface area is 168 Å². The number of aryl methyl sites for hydroxylation is 1. The molecule has 0 saturated carbocycles. The topological polar surface area (TPSA) is 138 Å². The van der Waals surface area contributed by atoms with Crippen LogP contribution in [0.25, 0.3) is 0 Å². The molecule has 1 aliphatic carbocycles. The summed E-state index contributed by atoms with van der Waals surface area (Å²) in [4.78, 5) is 45.3. The zero-order valence-electron chi connectivity index (χ0n) is 16.4. The molecule has 0 spiro atoms. The first-order valence-corrected chi connectivity index (χ1v) is 8.87. The summed E-state index contributed by atoms with van der Waals surface area (Å²) in [6.07, 6.45) is 3.56. The third-order valence-corrected chi connectivity index (χ3v) is 4.36. The van der Waals surface area contributed by atoms with E-state index < -0.39 is 35.2 Å². The van der Waals surface area contributed by atoms with Crippen LogP contribution in [0.2, 0.25) is 0 Å². The predicted octanol–water partition coefficient (Wildman–Crippen LogP) is 3.56. The lowest BCUT2D eigenvalue weighted by Crippen LogP contribution is -2.42. The minimum absolute atomic E-state index is 0.210. The molecule has 1 aromatic rings. The van der Waals surface area contributed by atoms with Gasteiger partial charge in [-0.3, -0.25) is 9.59 Å². The smallest absolute Gasteiger partial charge is 0.481 e. The van der Waals surface area contributed by atoms with Crippen LogP contribution in [0.4, 0.5) is 4.79 Å². The molecular formula is C21H24O8. The summed E-state index contributed by atoms with van der Waals surface area (Å²) in [5.74, 6) is -4.30. The molecule has 0 amide bonds. The minimum atomic E-state index is -1.59. The third-order valence-electron chi connectivity index (χ3n) is 4.36. The SMILES string of the molecule is CCCOC(=O)O.Cc1ccc(C(=O)C2C(C(=O)O)=CC=CC2(C)C(=O)O)cc1. The molecule has 29 heavy (non-hydrogen) atoms. The number of rotatable bonds is 6. The Hall–Kier alpha value is -3.42. The van der Waals surface area contributed by atoms with Crippen LogP contribution < -0.4 is 0 Å². The fraction of sp³-hybridized carbons (Fsp3) is 0.333. The van der Waals surface area contributed by atoms with Gasteiger partial charge < -0.3 is 20.1 Å². The largest absolute Gasteiger partial charge is 0.505 e. The summed E-state index contributed by atoms with van der Waals surface area (Å²) in [6.45, 7) is 5.37. The fourth-order valence-corrected chi connectivity index (χ4v) is 2.74. The van der Waals surface area contributed by atoms with Gasteiger partial charge in [0, 0.05) is 11.1 Å². The molecule has 0 aromatic heterocycles. The highest BCUT2D eigenvalue weighted by molar-refractivity contribution is 6.08. The molecule has 1 aromatic carbocycles. The second kappa shape index (κ2) is 10.2. The Morgan fingerprint density at radius 2 is 1.66 bits per heavy atom. The molecule has 0 aliphatic heterocycles. The van der Waals surface area contributed by atoms with Crippen LogP contribution in [0, 0.1) is 18.3 Å². The number of ether oxygens (including phenoxy) is 1. The summed E-state index contributed by atoms with van der Waals surface area (Å²) in [6, 6.07) is 6.62. The van der Waals surface area contributed by atoms with E-state index in [2.05, 4.69) is 4.74 Å². The van der Waals surface area contributed by atoms with Crippen molar-refractivity contribution in [2.45, 2.75) is 27.2 Å². The van der Waals surface area contributed by atoms with Crippen molar-refractivity contribution in [3.63, 3.8) is 0 Å². The molecule has 2 rings (SSSR count). The second-order valence-electron chi connectivity index (χ2n) is 6.65. The van der Waals surface area contributed by atoms with Gasteiger partial charge in [0.15, 0.2) is 5.78 Å². The Kier molecular flexibility index (Phi) is 8.32. The number of carboxylic acid groups (broad SMARTS) is 3. The zero-order chi connectivity index (χ0) is 22.2. The van der Waals surface area contributed by atoms with Crippen LogP contribution >= 0.6 is 0 Å². The van der Waals surface area contributed by atoms with Crippen LogP contribution in [0.1, 0.15) is 36.2 Å². The summed E-state index contributed by atoms with van der Waals surface area (Å²) in [5.41, 5.74) is -0.552. The van der Waals surface area contributed by atoms with E-state index in [1.54, 1.807) is 24.3 Å². The Morgan fingerprint density at radius 3 is 2.07 bits per heavy atom. The minimum Gasteiger partial charge on any atom is -0.481 e. The van der Waals surface area contributed by atoms with E-state index in [1.807, 2.05) is 13.8 Å². The molecular weight excluding hydrogens is 380 g/mol. The lowest BCUT2D eigenvalue weighted by atomic mass is 9.67. The maximum absolute atomic E-state index is 12.7. The number of allylic oxidation sites excluding steroid dienone is 2. The van der Waals surface area contributed by atoms with Crippen LogP contribution in [-0.2, 0) is 14.3 Å². The second-order valence-corrected chi connectivity index (χ2v) is 6.65. The van der Waals surface area contributed by atoms with Gasteiger partial charge in [-0.2, -0.15) is 0 Å². The first-order valence-electron chi connectivity index (χ1n) is 8.87. The number of carboxylic acids is 2. The average Bonchev–Trinajstić information content (AvgIpc) is 2.66. The van der Waals surface area contributed by atoms with E-state index in [-0.39, 0.29) is 5.57 Å². The van der Waals surface area contributed by atoms with Crippen molar-refractivity contribution in [1.29, 1.82) is 0 Å². The fourth-order valence-electron chi connectivity index (χ4n) is 2.74. The summed E-state index contributed by atoms with van der Waals surface area (Å²) >= 11 is 0. The highest BCUT2D eigenvalue weighted by atomic mass is 16.7. The van der Waals surface area contributed by atoms with Crippen molar-refractivity contribution in [2.24, 2.45) is 11.3 Å². The monoisotopic (exact) mass is 404 g/mol. The average molecular weight is 404 g/mol. The molecule has 0 bridgehead atoms. The van der Waals surface area contributed by atoms with E-state index in [9.17, 15) is 29.4 Å². The van der Waals surface area contributed by atoms with Crippen molar-refractivity contribution >= 4 is 23.9 Å². The third kappa shape index (κ3) is 6.03. The number of hydrogen-bond donors (Lipinski definition) is 3. The molecule has 0 heterocycles. The Morgan fingerprint density at radius 1 is 1.07 bits per heavy atom. The van der Waals surface area contributed by atoms with Gasteiger partial charge in [0.05, 0.1) is 17.9 Å². The van der Waals surface area contributed by atoms with Crippen molar-refractivity contribution in [1.82, 2.24) is 0 Å². The maximum atomic E-state index is 12.7. The van der Waals surface area contributed by atoms with E-state index in [0.717, 1.165) is 12.0 Å². The van der Waals surface area contributed by atoms with E-state index in [4.69, 9.17) is 5.11 Å². The highest BCUT2D eigenvalue weighted by Crippen LogP contribution is 2.40. The van der Waals surface area contributed by atoms with Gasteiger partial charge >= 0.3 is 18.1 Å². The lowest BCUT2D eigenvalue weighted by molar-refractivity contribution is -0.147. The van der Waals surface area contributed by atoms with Gasteiger partial charge in [0.1, 0.15) is 0 Å². The van der Waals surface area contributed by atoms with Crippen LogP contribution in [0.15, 0.2) is 48.1 Å². The summed E-state index contributed by atoms with van der Waals surface area (Å²) < 4.78 is 4.11. The molecule has 3 N–H and O–H groups in total. The van der Waals surface area contributed by atoms with Crippen LogP contribution in [-0.4, -0.2) is 45.8 Å². The first-order chi connectivity index (χ1) is 13.5. The molecule has 8 heteroatoms.